The van der Waals surface area contributed by atoms with Gasteiger partial charge in [0.15, 0.2) is 0 Å². The summed E-state index contributed by atoms with van der Waals surface area (Å²) < 4.78 is 5.15. The van der Waals surface area contributed by atoms with Crippen molar-refractivity contribution in [2.45, 2.75) is 5.54 Å². The summed E-state index contributed by atoms with van der Waals surface area (Å²) in [6.45, 7) is 2.73. The molecule has 2 heterocycles. The number of nitrogens with zero attached hydrogens (tertiary/aromatic N) is 1. The highest BCUT2D eigenvalue weighted by Gasteiger charge is 2.44. The first kappa shape index (κ1) is 7.06. The third kappa shape index (κ3) is 1.12. The number of morpholine rings is 1. The van der Waals surface area contributed by atoms with Crippen molar-refractivity contribution in [2.24, 2.45) is 0 Å². The molecule has 11 heavy (non-hydrogen) atoms. The van der Waals surface area contributed by atoms with Crippen LogP contribution in [0, 0.1) is 0 Å². The molecule has 1 N–H and O–H groups in total. The fourth-order valence-corrected chi connectivity index (χ4v) is 1.86. The van der Waals surface area contributed by atoms with Crippen molar-refractivity contribution < 1.29 is 9.53 Å². The summed E-state index contributed by atoms with van der Waals surface area (Å²) in [7, 11) is 2.03. The van der Waals surface area contributed by atoms with Crippen LogP contribution in [0.4, 0.5) is 0 Å². The van der Waals surface area contributed by atoms with Gasteiger partial charge in [-0.2, -0.15) is 0 Å². The van der Waals surface area contributed by atoms with E-state index in [0.29, 0.717) is 6.61 Å². The number of likely N-dealkylation sites (tertiary alicyclic amines) is 1. The van der Waals surface area contributed by atoms with Gasteiger partial charge >= 0.3 is 0 Å². The van der Waals surface area contributed by atoms with Gasteiger partial charge in [-0.05, 0) is 7.05 Å². The smallest absolute Gasteiger partial charge is 0.246 e. The van der Waals surface area contributed by atoms with Crippen LogP contribution in [0.2, 0.25) is 0 Å². The molecule has 0 atom stereocenters. The lowest BCUT2D eigenvalue weighted by atomic mass is 9.90. The molecule has 0 unspecified atom stereocenters. The standard InChI is InChI=1S/C7H12N2O2/c1-9-3-7(4-9)5-11-2-6(10)8-7/h2-5H2,1H3,(H,8,10). The first-order valence-electron chi connectivity index (χ1n) is 3.78. The Morgan fingerprint density at radius 3 is 2.91 bits per heavy atom. The van der Waals surface area contributed by atoms with Crippen molar-refractivity contribution in [3.63, 3.8) is 0 Å². The van der Waals surface area contributed by atoms with E-state index in [0.717, 1.165) is 13.1 Å². The molecule has 0 aromatic carbocycles. The summed E-state index contributed by atoms with van der Waals surface area (Å²) in [4.78, 5) is 13.1. The fraction of sp³-hybridized carbons (Fsp3) is 0.857. The van der Waals surface area contributed by atoms with E-state index in [9.17, 15) is 4.79 Å². The third-order valence-electron chi connectivity index (χ3n) is 2.16. The lowest BCUT2D eigenvalue weighted by molar-refractivity contribution is -0.142. The zero-order valence-corrected chi connectivity index (χ0v) is 6.59. The van der Waals surface area contributed by atoms with Gasteiger partial charge in [0.25, 0.3) is 0 Å². The van der Waals surface area contributed by atoms with E-state index in [1.165, 1.54) is 0 Å². The molecule has 0 saturated carbocycles. The highest BCUT2D eigenvalue weighted by Crippen LogP contribution is 2.21. The number of nitrogens with one attached hydrogen (secondary N) is 1. The number of ether oxygens (including phenoxy) is 1. The number of hydrogen-bond donors (Lipinski definition) is 1. The Labute approximate surface area is 65.5 Å². The van der Waals surface area contributed by atoms with Crippen LogP contribution < -0.4 is 5.32 Å². The highest BCUT2D eigenvalue weighted by atomic mass is 16.5. The van der Waals surface area contributed by atoms with Crippen LogP contribution in [0.3, 0.4) is 0 Å². The molecule has 4 nitrogen and oxygen atoms in total. The van der Waals surface area contributed by atoms with Crippen LogP contribution in [0.1, 0.15) is 0 Å². The lowest BCUT2D eigenvalue weighted by Crippen LogP contribution is -2.73. The third-order valence-corrected chi connectivity index (χ3v) is 2.16. The van der Waals surface area contributed by atoms with Crippen LogP contribution in [0.15, 0.2) is 0 Å². The van der Waals surface area contributed by atoms with Gasteiger partial charge in [0.05, 0.1) is 12.1 Å². The second kappa shape index (κ2) is 2.19. The monoisotopic (exact) mass is 156 g/mol. The predicted octanol–water partition coefficient (Wildman–Crippen LogP) is -1.18. The van der Waals surface area contributed by atoms with Gasteiger partial charge in [-0.15, -0.1) is 0 Å². The quantitative estimate of drug-likeness (QED) is 0.480. The maximum Gasteiger partial charge on any atom is 0.246 e. The molecule has 1 spiro atoms. The molecule has 62 valence electrons. The molecular weight excluding hydrogens is 144 g/mol. The number of carbonyl (C=O) groups is 1. The molecule has 2 aliphatic heterocycles. The van der Waals surface area contributed by atoms with Crippen molar-refractivity contribution in [2.75, 3.05) is 33.4 Å². The molecule has 1 amide bonds. The largest absolute Gasteiger partial charge is 0.369 e. The van der Waals surface area contributed by atoms with Crippen LogP contribution in [-0.4, -0.2) is 49.7 Å². The van der Waals surface area contributed by atoms with Gasteiger partial charge in [0, 0.05) is 13.1 Å². The molecule has 0 aliphatic carbocycles. The summed E-state index contributed by atoms with van der Waals surface area (Å²) in [5, 5.41) is 2.95. The zero-order valence-electron chi connectivity index (χ0n) is 6.59. The Hall–Kier alpha value is -0.610. The van der Waals surface area contributed by atoms with Gasteiger partial charge in [-0.1, -0.05) is 0 Å². The maximum atomic E-state index is 10.9. The Bertz CT molecular complexity index is 181. The van der Waals surface area contributed by atoms with Crippen molar-refractivity contribution in [3.8, 4) is 0 Å². The minimum atomic E-state index is -0.0515. The van der Waals surface area contributed by atoms with E-state index in [1.54, 1.807) is 0 Å². The molecule has 2 fully saturated rings. The molecule has 0 aromatic heterocycles. The first-order chi connectivity index (χ1) is 5.20. The van der Waals surface area contributed by atoms with Gasteiger partial charge < -0.3 is 15.0 Å². The Morgan fingerprint density at radius 2 is 2.36 bits per heavy atom. The van der Waals surface area contributed by atoms with Gasteiger partial charge in [-0.25, -0.2) is 0 Å². The number of rotatable bonds is 0. The second-order valence-electron chi connectivity index (χ2n) is 3.49. The number of hydrogen-bond acceptors (Lipinski definition) is 3. The van der Waals surface area contributed by atoms with Gasteiger partial charge in [0.2, 0.25) is 5.91 Å². The lowest BCUT2D eigenvalue weighted by Gasteiger charge is -2.50. The molecule has 2 saturated heterocycles. The van der Waals surface area contributed by atoms with Crippen LogP contribution in [-0.2, 0) is 9.53 Å². The predicted molar refractivity (Wildman–Crippen MR) is 39.2 cm³/mol. The minimum Gasteiger partial charge on any atom is -0.369 e. The van der Waals surface area contributed by atoms with Crippen molar-refractivity contribution in [1.82, 2.24) is 10.2 Å². The van der Waals surface area contributed by atoms with E-state index in [2.05, 4.69) is 10.2 Å². The zero-order chi connectivity index (χ0) is 7.90. The van der Waals surface area contributed by atoms with E-state index >= 15 is 0 Å². The summed E-state index contributed by atoms with van der Waals surface area (Å²) in [6, 6.07) is 0. The summed E-state index contributed by atoms with van der Waals surface area (Å²) in [6.07, 6.45) is 0. The van der Waals surface area contributed by atoms with Gasteiger partial charge in [-0.3, -0.25) is 4.79 Å². The molecule has 2 rings (SSSR count). The summed E-state index contributed by atoms with van der Waals surface area (Å²) >= 11 is 0. The average molecular weight is 156 g/mol. The van der Waals surface area contributed by atoms with E-state index in [4.69, 9.17) is 4.74 Å². The van der Waals surface area contributed by atoms with E-state index < -0.39 is 0 Å². The van der Waals surface area contributed by atoms with Crippen molar-refractivity contribution in [3.05, 3.63) is 0 Å². The fourth-order valence-electron chi connectivity index (χ4n) is 1.86. The Kier molecular flexibility index (Phi) is 1.40. The molecule has 0 aromatic rings. The topological polar surface area (TPSA) is 41.6 Å². The van der Waals surface area contributed by atoms with E-state index in [1.807, 2.05) is 7.05 Å². The van der Waals surface area contributed by atoms with Crippen LogP contribution in [0.25, 0.3) is 0 Å². The SMILES string of the molecule is CN1CC2(COCC(=O)N2)C1. The second-order valence-corrected chi connectivity index (χ2v) is 3.49. The molecular formula is C7H12N2O2. The molecule has 0 radical (unpaired) electrons. The van der Waals surface area contributed by atoms with E-state index in [-0.39, 0.29) is 18.1 Å². The molecule has 0 bridgehead atoms. The number of amides is 1. The Balaban J connectivity index is 1.98. The molecule has 2 aliphatic rings. The number of likely N-dealkylation sites (N-methyl/N-ethyl adjacent to an activating group) is 1. The highest BCUT2D eigenvalue weighted by molar-refractivity contribution is 5.79. The Morgan fingerprint density at radius 1 is 1.64 bits per heavy atom. The van der Waals surface area contributed by atoms with Crippen molar-refractivity contribution >= 4 is 5.91 Å². The summed E-state index contributed by atoms with van der Waals surface area (Å²) in [5.74, 6) is 0.0179. The molecule has 4 heteroatoms. The van der Waals surface area contributed by atoms with Gasteiger partial charge in [0.1, 0.15) is 6.61 Å². The average Bonchev–Trinajstić information content (AvgIpc) is 1.84. The van der Waals surface area contributed by atoms with Crippen LogP contribution in [0.5, 0.6) is 0 Å². The normalized spacial score (nSPS) is 29.7. The van der Waals surface area contributed by atoms with Crippen molar-refractivity contribution in [1.29, 1.82) is 0 Å². The maximum absolute atomic E-state index is 10.9. The minimum absolute atomic E-state index is 0.0179. The first-order valence-corrected chi connectivity index (χ1v) is 3.78. The van der Waals surface area contributed by atoms with Crippen LogP contribution >= 0.6 is 0 Å². The number of carbonyl (C=O) groups excluding carboxylic acids is 1. The summed E-state index contributed by atoms with van der Waals surface area (Å²) in [5.41, 5.74) is -0.0515.